The van der Waals surface area contributed by atoms with Crippen molar-refractivity contribution in [2.75, 3.05) is 0 Å². The van der Waals surface area contributed by atoms with Crippen molar-refractivity contribution >= 4 is 0 Å². The lowest BCUT2D eigenvalue weighted by Gasteiger charge is -2.37. The van der Waals surface area contributed by atoms with E-state index in [0.29, 0.717) is 23.8 Å². The summed E-state index contributed by atoms with van der Waals surface area (Å²) in [6.45, 7) is 1.04. The molecule has 26 heavy (non-hydrogen) atoms. The van der Waals surface area contributed by atoms with Gasteiger partial charge in [0.2, 0.25) is 11.7 Å². The van der Waals surface area contributed by atoms with Crippen LogP contribution in [0.5, 0.6) is 0 Å². The molecule has 2 saturated heterocycles. The molecule has 3 atom stereocenters. The summed E-state index contributed by atoms with van der Waals surface area (Å²) in [7, 11) is 2.13. The SMILES string of the molecule is Cn1cccc1CN1[C@@H]2CC[C@H]1CC(c1nc(-c3cccnc3)no1)C2. The molecular formula is C20H23N5O. The van der Waals surface area contributed by atoms with Crippen molar-refractivity contribution < 1.29 is 4.52 Å². The summed E-state index contributed by atoms with van der Waals surface area (Å²) in [4.78, 5) is 11.5. The van der Waals surface area contributed by atoms with Gasteiger partial charge in [-0.1, -0.05) is 5.16 Å². The van der Waals surface area contributed by atoms with Crippen LogP contribution in [0.4, 0.5) is 0 Å². The topological polar surface area (TPSA) is 60.0 Å². The number of fused-ring (bicyclic) bond motifs is 2. The van der Waals surface area contributed by atoms with Crippen molar-refractivity contribution in [1.29, 1.82) is 0 Å². The van der Waals surface area contributed by atoms with E-state index in [1.165, 1.54) is 18.5 Å². The van der Waals surface area contributed by atoms with Gasteiger partial charge in [0.1, 0.15) is 0 Å². The zero-order chi connectivity index (χ0) is 17.5. The van der Waals surface area contributed by atoms with E-state index in [4.69, 9.17) is 4.52 Å². The van der Waals surface area contributed by atoms with E-state index < -0.39 is 0 Å². The number of aromatic nitrogens is 4. The zero-order valence-corrected chi connectivity index (χ0v) is 15.0. The Balaban J connectivity index is 1.32. The highest BCUT2D eigenvalue weighted by Crippen LogP contribution is 2.43. The summed E-state index contributed by atoms with van der Waals surface area (Å²) < 4.78 is 7.86. The lowest BCUT2D eigenvalue weighted by molar-refractivity contribution is 0.106. The first-order chi connectivity index (χ1) is 12.8. The van der Waals surface area contributed by atoms with Crippen LogP contribution in [0.1, 0.15) is 43.2 Å². The van der Waals surface area contributed by atoms with E-state index in [1.807, 2.05) is 12.1 Å². The quantitative estimate of drug-likeness (QED) is 0.723. The average molecular weight is 349 g/mol. The molecule has 0 radical (unpaired) electrons. The third-order valence-corrected chi connectivity index (χ3v) is 5.99. The van der Waals surface area contributed by atoms with Crippen LogP contribution in [0.3, 0.4) is 0 Å². The molecule has 5 rings (SSSR count). The molecule has 0 aromatic carbocycles. The van der Waals surface area contributed by atoms with Gasteiger partial charge in [-0.25, -0.2) is 0 Å². The Hall–Kier alpha value is -2.47. The van der Waals surface area contributed by atoms with Crippen molar-refractivity contribution in [3.8, 4) is 11.4 Å². The molecule has 3 aromatic rings. The normalized spacial score (nSPS) is 25.7. The Bertz CT molecular complexity index is 873. The third kappa shape index (κ3) is 2.74. The monoisotopic (exact) mass is 349 g/mol. The molecular weight excluding hydrogens is 326 g/mol. The highest BCUT2D eigenvalue weighted by Gasteiger charge is 2.42. The molecule has 0 spiro atoms. The number of hydrogen-bond acceptors (Lipinski definition) is 5. The van der Waals surface area contributed by atoms with E-state index in [0.717, 1.165) is 30.8 Å². The molecule has 0 saturated carbocycles. The molecule has 2 fully saturated rings. The predicted octanol–water partition coefficient (Wildman–Crippen LogP) is 3.38. The zero-order valence-electron chi connectivity index (χ0n) is 15.0. The Morgan fingerprint density at radius 1 is 1.15 bits per heavy atom. The number of piperidine rings is 1. The van der Waals surface area contributed by atoms with E-state index in [1.54, 1.807) is 12.4 Å². The van der Waals surface area contributed by atoms with Crippen molar-refractivity contribution in [2.45, 2.75) is 50.2 Å². The number of hydrogen-bond donors (Lipinski definition) is 0. The minimum atomic E-state index is 0.370. The maximum atomic E-state index is 5.63. The van der Waals surface area contributed by atoms with Crippen LogP contribution in [0.25, 0.3) is 11.4 Å². The largest absolute Gasteiger partial charge is 0.353 e. The van der Waals surface area contributed by atoms with Gasteiger partial charge in [-0.3, -0.25) is 9.88 Å². The van der Waals surface area contributed by atoms with Gasteiger partial charge < -0.3 is 9.09 Å². The molecule has 0 aliphatic carbocycles. The fraction of sp³-hybridized carbons (Fsp3) is 0.450. The first kappa shape index (κ1) is 15.8. The first-order valence-corrected chi connectivity index (χ1v) is 9.38. The van der Waals surface area contributed by atoms with Gasteiger partial charge in [0, 0.05) is 61.4 Å². The van der Waals surface area contributed by atoms with Crippen LogP contribution in [-0.2, 0) is 13.6 Å². The van der Waals surface area contributed by atoms with E-state index in [-0.39, 0.29) is 0 Å². The second kappa shape index (κ2) is 6.36. The average Bonchev–Trinajstić information content (AvgIpc) is 3.36. The first-order valence-electron chi connectivity index (χ1n) is 9.38. The van der Waals surface area contributed by atoms with Gasteiger partial charge in [0.15, 0.2) is 0 Å². The third-order valence-electron chi connectivity index (χ3n) is 5.99. The van der Waals surface area contributed by atoms with Gasteiger partial charge in [-0.05, 0) is 49.9 Å². The minimum Gasteiger partial charge on any atom is -0.353 e. The summed E-state index contributed by atoms with van der Waals surface area (Å²) in [5, 5.41) is 4.18. The molecule has 3 aromatic heterocycles. The standard InChI is InChI=1S/C20H23N5O/c1-24-9-3-5-18(24)13-25-16-6-7-17(25)11-15(10-16)20-22-19(23-26-20)14-4-2-8-21-12-14/h2-5,8-9,12,15-17H,6-7,10-11,13H2,1H3/t15?,16-,17+. The highest BCUT2D eigenvalue weighted by atomic mass is 16.5. The van der Waals surface area contributed by atoms with Crippen molar-refractivity contribution in [3.05, 3.63) is 54.4 Å². The van der Waals surface area contributed by atoms with Crippen LogP contribution in [0.15, 0.2) is 47.4 Å². The second-order valence-electron chi connectivity index (χ2n) is 7.53. The van der Waals surface area contributed by atoms with Crippen LogP contribution in [-0.4, -0.2) is 36.7 Å². The smallest absolute Gasteiger partial charge is 0.230 e. The Kier molecular flexibility index (Phi) is 3.85. The van der Waals surface area contributed by atoms with Gasteiger partial charge in [-0.2, -0.15) is 4.98 Å². The lowest BCUT2D eigenvalue weighted by atomic mass is 9.90. The van der Waals surface area contributed by atoms with Crippen LogP contribution < -0.4 is 0 Å². The summed E-state index contributed by atoms with van der Waals surface area (Å²) in [6, 6.07) is 9.44. The van der Waals surface area contributed by atoms with Crippen molar-refractivity contribution in [2.24, 2.45) is 7.05 Å². The molecule has 134 valence electrons. The fourth-order valence-electron chi connectivity index (χ4n) is 4.60. The van der Waals surface area contributed by atoms with Gasteiger partial charge >= 0.3 is 0 Å². The van der Waals surface area contributed by atoms with Gasteiger partial charge in [0.25, 0.3) is 0 Å². The van der Waals surface area contributed by atoms with Gasteiger partial charge in [0.05, 0.1) is 0 Å². The van der Waals surface area contributed by atoms with Crippen molar-refractivity contribution in [1.82, 2.24) is 24.6 Å². The summed E-state index contributed by atoms with van der Waals surface area (Å²) in [5.74, 6) is 1.81. The van der Waals surface area contributed by atoms with Crippen LogP contribution >= 0.6 is 0 Å². The molecule has 2 bridgehead atoms. The molecule has 0 amide bonds. The molecule has 6 heteroatoms. The Labute approximate surface area is 152 Å². The molecule has 1 unspecified atom stereocenters. The van der Waals surface area contributed by atoms with E-state index >= 15 is 0 Å². The Morgan fingerprint density at radius 3 is 2.69 bits per heavy atom. The lowest BCUT2D eigenvalue weighted by Crippen LogP contribution is -2.42. The second-order valence-corrected chi connectivity index (χ2v) is 7.53. The minimum absolute atomic E-state index is 0.370. The predicted molar refractivity (Wildman–Crippen MR) is 97.3 cm³/mol. The number of rotatable bonds is 4. The van der Waals surface area contributed by atoms with E-state index in [9.17, 15) is 0 Å². The van der Waals surface area contributed by atoms with Crippen molar-refractivity contribution in [3.63, 3.8) is 0 Å². The molecule has 6 nitrogen and oxygen atoms in total. The number of pyridine rings is 1. The summed E-state index contributed by atoms with van der Waals surface area (Å²) >= 11 is 0. The number of aryl methyl sites for hydroxylation is 1. The Morgan fingerprint density at radius 2 is 2.00 bits per heavy atom. The molecule has 0 N–H and O–H groups in total. The maximum Gasteiger partial charge on any atom is 0.230 e. The van der Waals surface area contributed by atoms with Gasteiger partial charge in [-0.15, -0.1) is 0 Å². The summed E-state index contributed by atoms with van der Waals surface area (Å²) in [6.07, 6.45) is 10.4. The molecule has 2 aliphatic heterocycles. The molecule has 2 aliphatic rings. The van der Waals surface area contributed by atoms with Crippen LogP contribution in [0, 0.1) is 0 Å². The maximum absolute atomic E-state index is 5.63. The fourth-order valence-corrected chi connectivity index (χ4v) is 4.60. The molecule has 5 heterocycles. The summed E-state index contributed by atoms with van der Waals surface area (Å²) in [5.41, 5.74) is 2.30. The van der Waals surface area contributed by atoms with Crippen LogP contribution in [0.2, 0.25) is 0 Å². The number of nitrogens with zero attached hydrogens (tertiary/aromatic N) is 5. The highest BCUT2D eigenvalue weighted by molar-refractivity contribution is 5.51. The van der Waals surface area contributed by atoms with E-state index in [2.05, 4.69) is 50.0 Å².